The second-order valence-corrected chi connectivity index (χ2v) is 8.25. The lowest BCUT2D eigenvalue weighted by Gasteiger charge is -2.12. The number of aromatic nitrogens is 3. The predicted molar refractivity (Wildman–Crippen MR) is 102 cm³/mol. The normalized spacial score (nSPS) is 12.9. The van der Waals surface area contributed by atoms with Gasteiger partial charge in [0.15, 0.2) is 5.65 Å². The first-order valence-electron chi connectivity index (χ1n) is 7.87. The molecular weight excluding hydrogens is 358 g/mol. The molecule has 0 saturated carbocycles. The summed E-state index contributed by atoms with van der Waals surface area (Å²) in [6, 6.07) is 9.16. The third-order valence-corrected chi connectivity index (χ3v) is 5.28. The summed E-state index contributed by atoms with van der Waals surface area (Å²) in [5.41, 5.74) is 2.64. The average molecular weight is 378 g/mol. The van der Waals surface area contributed by atoms with E-state index < -0.39 is 11.0 Å². The van der Waals surface area contributed by atoms with Gasteiger partial charge in [0, 0.05) is 17.3 Å². The second kappa shape index (κ2) is 7.11. The second-order valence-electron chi connectivity index (χ2n) is 6.17. The Labute approximate surface area is 154 Å². The highest BCUT2D eigenvalue weighted by molar-refractivity contribution is 7.82. The van der Waals surface area contributed by atoms with Crippen molar-refractivity contribution >= 4 is 39.7 Å². The molecule has 2 aromatic heterocycles. The summed E-state index contributed by atoms with van der Waals surface area (Å²) in [6.07, 6.45) is 1.82. The van der Waals surface area contributed by atoms with E-state index in [1.165, 1.54) is 0 Å². The molecule has 0 saturated heterocycles. The van der Waals surface area contributed by atoms with Gasteiger partial charge in [-0.05, 0) is 44.3 Å². The number of hydrogen-bond acceptors (Lipinski definition) is 4. The summed E-state index contributed by atoms with van der Waals surface area (Å²) in [6.45, 7) is 4.19. The molecule has 1 unspecified atom stereocenters. The van der Waals surface area contributed by atoms with Crippen LogP contribution in [0, 0.1) is 0 Å². The van der Waals surface area contributed by atoms with Gasteiger partial charge >= 0.3 is 0 Å². The van der Waals surface area contributed by atoms with E-state index in [4.69, 9.17) is 11.6 Å². The van der Waals surface area contributed by atoms with Crippen LogP contribution in [0.2, 0.25) is 5.15 Å². The molecule has 132 valence electrons. The maximum atomic E-state index is 12.1. The highest BCUT2D eigenvalue weighted by Crippen LogP contribution is 2.26. The third kappa shape index (κ3) is 3.68. The molecule has 6 nitrogen and oxygen atoms in total. The van der Waals surface area contributed by atoms with Gasteiger partial charge in [0.1, 0.15) is 22.0 Å². The Bertz CT molecular complexity index is 921. The lowest BCUT2D eigenvalue weighted by Crippen LogP contribution is -2.15. The SMILES string of the molecule is CC(C)c1cnn2c(Nc3ccc(S(=O)N(C)C)cc3)cc(Cl)nc12. The Morgan fingerprint density at radius 3 is 2.52 bits per heavy atom. The van der Waals surface area contributed by atoms with Crippen LogP contribution in [0.25, 0.3) is 5.65 Å². The van der Waals surface area contributed by atoms with E-state index in [-0.39, 0.29) is 0 Å². The van der Waals surface area contributed by atoms with E-state index >= 15 is 0 Å². The molecule has 2 heterocycles. The predicted octanol–water partition coefficient (Wildman–Crippen LogP) is 3.83. The Hall–Kier alpha value is -1.96. The van der Waals surface area contributed by atoms with Crippen LogP contribution in [-0.2, 0) is 11.0 Å². The molecule has 0 bridgehead atoms. The number of rotatable bonds is 5. The number of anilines is 2. The van der Waals surface area contributed by atoms with Crippen molar-refractivity contribution in [2.45, 2.75) is 24.7 Å². The number of hydrogen-bond donors (Lipinski definition) is 1. The van der Waals surface area contributed by atoms with Crippen LogP contribution in [0.15, 0.2) is 41.4 Å². The smallest absolute Gasteiger partial charge is 0.162 e. The number of halogens is 1. The topological polar surface area (TPSA) is 62.5 Å². The van der Waals surface area contributed by atoms with Gasteiger partial charge in [-0.2, -0.15) is 9.61 Å². The minimum Gasteiger partial charge on any atom is -0.340 e. The molecule has 3 rings (SSSR count). The Morgan fingerprint density at radius 1 is 1.24 bits per heavy atom. The molecule has 0 spiro atoms. The van der Waals surface area contributed by atoms with Crippen molar-refractivity contribution in [3.63, 3.8) is 0 Å². The Morgan fingerprint density at radius 2 is 1.92 bits per heavy atom. The molecule has 0 fully saturated rings. The molecule has 1 aromatic carbocycles. The molecule has 3 aromatic rings. The Balaban J connectivity index is 1.94. The van der Waals surface area contributed by atoms with E-state index in [9.17, 15) is 4.21 Å². The van der Waals surface area contributed by atoms with Gasteiger partial charge in [0.25, 0.3) is 0 Å². The highest BCUT2D eigenvalue weighted by atomic mass is 35.5. The Kier molecular flexibility index (Phi) is 5.08. The van der Waals surface area contributed by atoms with E-state index in [1.54, 1.807) is 29.0 Å². The molecular formula is C17H20ClN5OS. The summed E-state index contributed by atoms with van der Waals surface area (Å²) < 4.78 is 15.5. The largest absolute Gasteiger partial charge is 0.340 e. The quantitative estimate of drug-likeness (QED) is 0.686. The van der Waals surface area contributed by atoms with Gasteiger partial charge in [-0.3, -0.25) is 0 Å². The van der Waals surface area contributed by atoms with Crippen LogP contribution >= 0.6 is 11.6 Å². The number of fused-ring (bicyclic) bond motifs is 1. The third-order valence-electron chi connectivity index (χ3n) is 3.75. The highest BCUT2D eigenvalue weighted by Gasteiger charge is 2.14. The zero-order valence-electron chi connectivity index (χ0n) is 14.5. The van der Waals surface area contributed by atoms with Crippen LogP contribution in [0.1, 0.15) is 25.3 Å². The molecule has 0 aliphatic rings. The first kappa shape index (κ1) is 17.8. The molecule has 1 N–H and O–H groups in total. The maximum absolute atomic E-state index is 12.1. The van der Waals surface area contributed by atoms with Crippen LogP contribution in [-0.4, -0.2) is 37.2 Å². The van der Waals surface area contributed by atoms with E-state index in [0.29, 0.717) is 11.1 Å². The van der Waals surface area contributed by atoms with Crippen molar-refractivity contribution in [2.75, 3.05) is 19.4 Å². The van der Waals surface area contributed by atoms with Crippen molar-refractivity contribution in [3.8, 4) is 0 Å². The van der Waals surface area contributed by atoms with Gasteiger partial charge in [-0.25, -0.2) is 13.5 Å². The molecule has 1 atom stereocenters. The van der Waals surface area contributed by atoms with Gasteiger partial charge < -0.3 is 5.32 Å². The minimum atomic E-state index is -1.16. The molecule has 25 heavy (non-hydrogen) atoms. The van der Waals surface area contributed by atoms with E-state index in [0.717, 1.165) is 27.6 Å². The minimum absolute atomic E-state index is 0.302. The molecule has 0 radical (unpaired) electrons. The van der Waals surface area contributed by atoms with Crippen LogP contribution < -0.4 is 5.32 Å². The van der Waals surface area contributed by atoms with Crippen molar-refractivity contribution < 1.29 is 4.21 Å². The zero-order chi connectivity index (χ0) is 18.1. The monoisotopic (exact) mass is 377 g/mol. The van der Waals surface area contributed by atoms with E-state index in [1.807, 2.05) is 30.5 Å². The van der Waals surface area contributed by atoms with Gasteiger partial charge in [-0.1, -0.05) is 25.4 Å². The van der Waals surface area contributed by atoms with Crippen molar-refractivity contribution in [3.05, 3.63) is 47.2 Å². The molecule has 0 amide bonds. The summed E-state index contributed by atoms with van der Waals surface area (Å²) >= 11 is 6.19. The molecule has 0 aliphatic heterocycles. The lowest BCUT2D eigenvalue weighted by atomic mass is 10.1. The van der Waals surface area contributed by atoms with Gasteiger partial charge in [-0.15, -0.1) is 0 Å². The van der Waals surface area contributed by atoms with Gasteiger partial charge in [0.2, 0.25) is 0 Å². The van der Waals surface area contributed by atoms with Crippen molar-refractivity contribution in [1.29, 1.82) is 0 Å². The average Bonchev–Trinajstić information content (AvgIpc) is 2.99. The molecule has 0 aliphatic carbocycles. The summed E-state index contributed by atoms with van der Waals surface area (Å²) in [5, 5.41) is 8.13. The first-order chi connectivity index (χ1) is 11.9. The first-order valence-corrected chi connectivity index (χ1v) is 9.35. The van der Waals surface area contributed by atoms with E-state index in [2.05, 4.69) is 29.2 Å². The fraction of sp³-hybridized carbons (Fsp3) is 0.294. The standard InChI is InChI=1S/C17H20ClN5OS/c1-11(2)14-10-19-23-16(9-15(18)21-17(14)23)20-12-5-7-13(8-6-12)25(24)22(3)4/h5-11,20H,1-4H3. The van der Waals surface area contributed by atoms with Crippen LogP contribution in [0.4, 0.5) is 11.5 Å². The van der Waals surface area contributed by atoms with Gasteiger partial charge in [0.05, 0.1) is 11.1 Å². The van der Waals surface area contributed by atoms with Crippen molar-refractivity contribution in [2.24, 2.45) is 0 Å². The summed E-state index contributed by atoms with van der Waals surface area (Å²) in [5.74, 6) is 1.03. The molecule has 8 heteroatoms. The van der Waals surface area contributed by atoms with Crippen LogP contribution in [0.5, 0.6) is 0 Å². The summed E-state index contributed by atoms with van der Waals surface area (Å²) in [4.78, 5) is 5.14. The lowest BCUT2D eigenvalue weighted by molar-refractivity contribution is 0.603. The summed E-state index contributed by atoms with van der Waals surface area (Å²) in [7, 11) is 2.40. The number of benzene rings is 1. The maximum Gasteiger partial charge on any atom is 0.162 e. The number of nitrogens with zero attached hydrogens (tertiary/aromatic N) is 4. The number of nitrogens with one attached hydrogen (secondary N) is 1. The fourth-order valence-corrected chi connectivity index (χ4v) is 3.43. The fourth-order valence-electron chi connectivity index (χ4n) is 2.46. The zero-order valence-corrected chi connectivity index (χ0v) is 16.1. The van der Waals surface area contributed by atoms with Crippen molar-refractivity contribution in [1.82, 2.24) is 18.9 Å². The van der Waals surface area contributed by atoms with Crippen LogP contribution in [0.3, 0.4) is 0 Å².